The molecule has 1 aromatic heterocycles. The van der Waals surface area contributed by atoms with Gasteiger partial charge < -0.3 is 29.7 Å². The molecule has 7 atom stereocenters. The van der Waals surface area contributed by atoms with Crippen LogP contribution >= 0.6 is 0 Å². The number of carbonyl (C=O) groups is 4. The highest BCUT2D eigenvalue weighted by Gasteiger charge is 2.62. The molecule has 2 aliphatic heterocycles. The number of nitrogens with one attached hydrogen (secondary N) is 3. The summed E-state index contributed by atoms with van der Waals surface area (Å²) in [6.45, 7) is 4.81. The lowest BCUT2D eigenvalue weighted by Crippen LogP contribution is -2.58. The highest BCUT2D eigenvalue weighted by atomic mass is 32.2. The van der Waals surface area contributed by atoms with Crippen LogP contribution in [0.25, 0.3) is 11.0 Å². The molecule has 282 valence electrons. The number of benzene rings is 1. The van der Waals surface area contributed by atoms with Crippen LogP contribution in [0.1, 0.15) is 84.3 Å². The number of alkyl carbamates (subject to hydrolysis) is 1. The van der Waals surface area contributed by atoms with Crippen molar-refractivity contribution < 1.29 is 41.8 Å². The summed E-state index contributed by atoms with van der Waals surface area (Å²) < 4.78 is 44.8. The van der Waals surface area contributed by atoms with E-state index in [9.17, 15) is 27.6 Å². The van der Waals surface area contributed by atoms with E-state index in [0.29, 0.717) is 54.0 Å². The Bertz CT molecular complexity index is 1890. The van der Waals surface area contributed by atoms with Gasteiger partial charge in [0, 0.05) is 12.0 Å². The molecule has 3 aliphatic carbocycles. The van der Waals surface area contributed by atoms with Gasteiger partial charge in [-0.1, -0.05) is 26.7 Å². The standard InChI is InChI=1S/C36H48N6O9S/c1-5-23-28-19-42(30(23)31(44)40-36(17-20(36)2)33(45)41-52(47,48)35(3)13-14-35)29(43)18-37-34(46)51-27-15-21(27)9-7-6-8-10-25-32(50-28)39-26-16-22(49-4)11-12-24(26)38-25/h11-12,16,20-21,23,27-28,30H,5-10,13-15,17-19H2,1-4H3,(H,37,46)(H,40,44)(H,41,45)/t20-,21-,23-,27-,28+,30+,36-/m1/s1. The van der Waals surface area contributed by atoms with Gasteiger partial charge in [0.25, 0.3) is 5.91 Å². The fourth-order valence-electron chi connectivity index (χ4n) is 7.68. The van der Waals surface area contributed by atoms with Gasteiger partial charge in [0.15, 0.2) is 0 Å². The molecule has 2 bridgehead atoms. The van der Waals surface area contributed by atoms with Crippen LogP contribution in [0.3, 0.4) is 0 Å². The normalized spacial score (nSPS) is 31.3. The minimum absolute atomic E-state index is 0.00436. The molecule has 1 saturated heterocycles. The zero-order valence-electron chi connectivity index (χ0n) is 30.1. The van der Waals surface area contributed by atoms with E-state index in [0.717, 1.165) is 32.1 Å². The Morgan fingerprint density at radius 3 is 2.56 bits per heavy atom. The third-order valence-electron chi connectivity index (χ3n) is 11.7. The molecule has 0 spiro atoms. The van der Waals surface area contributed by atoms with E-state index in [1.54, 1.807) is 27.0 Å². The summed E-state index contributed by atoms with van der Waals surface area (Å²) in [5.74, 6) is -1.61. The van der Waals surface area contributed by atoms with E-state index in [-0.39, 0.29) is 30.9 Å². The molecule has 7 rings (SSSR count). The van der Waals surface area contributed by atoms with Crippen molar-refractivity contribution in [3.63, 3.8) is 0 Å². The first-order valence-corrected chi connectivity index (χ1v) is 19.9. The number of ether oxygens (including phenoxy) is 3. The summed E-state index contributed by atoms with van der Waals surface area (Å²) in [5, 5.41) is 5.41. The van der Waals surface area contributed by atoms with Crippen molar-refractivity contribution >= 4 is 44.9 Å². The molecule has 3 saturated carbocycles. The smallest absolute Gasteiger partial charge is 0.407 e. The van der Waals surface area contributed by atoms with Gasteiger partial charge in [-0.2, -0.15) is 0 Å². The van der Waals surface area contributed by atoms with Crippen LogP contribution in [-0.4, -0.2) is 95.8 Å². The maximum atomic E-state index is 14.4. The molecule has 52 heavy (non-hydrogen) atoms. The Labute approximate surface area is 303 Å². The van der Waals surface area contributed by atoms with E-state index in [2.05, 4.69) is 15.4 Å². The number of carbonyl (C=O) groups excluding carboxylic acids is 4. The molecule has 5 aliphatic rings. The van der Waals surface area contributed by atoms with Crippen LogP contribution in [0.5, 0.6) is 11.6 Å². The first-order valence-electron chi connectivity index (χ1n) is 18.4. The Morgan fingerprint density at radius 1 is 1.10 bits per heavy atom. The predicted octanol–water partition coefficient (Wildman–Crippen LogP) is 2.75. The number of rotatable bonds is 7. The zero-order valence-corrected chi connectivity index (χ0v) is 30.9. The first-order chi connectivity index (χ1) is 24.8. The molecule has 1 aromatic carbocycles. The van der Waals surface area contributed by atoms with Gasteiger partial charge in [0.2, 0.25) is 27.7 Å². The largest absolute Gasteiger partial charge is 0.497 e. The van der Waals surface area contributed by atoms with Gasteiger partial charge in [-0.25, -0.2) is 23.2 Å². The molecule has 4 fully saturated rings. The minimum Gasteiger partial charge on any atom is -0.497 e. The van der Waals surface area contributed by atoms with Gasteiger partial charge >= 0.3 is 6.09 Å². The monoisotopic (exact) mass is 740 g/mol. The number of aryl methyl sites for hydroxylation is 1. The van der Waals surface area contributed by atoms with Gasteiger partial charge in [-0.05, 0) is 82.3 Å². The van der Waals surface area contributed by atoms with E-state index < -0.39 is 68.7 Å². The van der Waals surface area contributed by atoms with Gasteiger partial charge in [-0.3, -0.25) is 19.1 Å². The number of nitrogens with zero attached hydrogens (tertiary/aromatic N) is 3. The summed E-state index contributed by atoms with van der Waals surface area (Å²) in [7, 11) is -2.38. The number of hydrogen-bond donors (Lipinski definition) is 3. The predicted molar refractivity (Wildman–Crippen MR) is 188 cm³/mol. The van der Waals surface area contributed by atoms with Crippen LogP contribution < -0.4 is 24.8 Å². The molecule has 4 amide bonds. The maximum absolute atomic E-state index is 14.4. The number of hydrogen-bond acceptors (Lipinski definition) is 11. The highest BCUT2D eigenvalue weighted by molar-refractivity contribution is 7.91. The SMILES string of the molecule is CC[C@@H]1[C@@H]2CN(C(=O)CNC(=O)O[C@@H]3C[C@H]3CCCCCc3nc4ccc(OC)cc4nc3O2)[C@@H]1C(=O)N[C@]1(C(=O)NS(=O)(=O)C2(C)CC2)C[C@H]1C. The van der Waals surface area contributed by atoms with Crippen molar-refractivity contribution in [2.24, 2.45) is 17.8 Å². The van der Waals surface area contributed by atoms with Crippen molar-refractivity contribution in [2.45, 2.75) is 114 Å². The van der Waals surface area contributed by atoms with E-state index in [1.165, 1.54) is 4.90 Å². The third-order valence-corrected chi connectivity index (χ3v) is 13.9. The van der Waals surface area contributed by atoms with E-state index in [1.807, 2.05) is 19.1 Å². The average Bonchev–Trinajstić information content (AvgIpc) is 4.07. The van der Waals surface area contributed by atoms with Gasteiger partial charge in [0.1, 0.15) is 41.8 Å². The second-order valence-electron chi connectivity index (χ2n) is 15.4. The van der Waals surface area contributed by atoms with Crippen molar-refractivity contribution in [3.8, 4) is 11.6 Å². The molecule has 2 aromatic rings. The minimum atomic E-state index is -3.95. The zero-order chi connectivity index (χ0) is 37.0. The second-order valence-corrected chi connectivity index (χ2v) is 17.6. The highest BCUT2D eigenvalue weighted by Crippen LogP contribution is 2.46. The van der Waals surface area contributed by atoms with Crippen molar-refractivity contribution in [1.82, 2.24) is 30.2 Å². The molecular formula is C36H48N6O9S. The molecule has 15 nitrogen and oxygen atoms in total. The number of sulfonamides is 1. The maximum Gasteiger partial charge on any atom is 0.407 e. The number of aromatic nitrogens is 2. The Kier molecular flexibility index (Phi) is 9.49. The molecule has 3 N–H and O–H groups in total. The first kappa shape index (κ1) is 36.2. The van der Waals surface area contributed by atoms with Crippen molar-refractivity contribution in [3.05, 3.63) is 23.9 Å². The fourth-order valence-corrected chi connectivity index (χ4v) is 8.99. The number of methoxy groups -OCH3 is 1. The van der Waals surface area contributed by atoms with Crippen LogP contribution in [0.15, 0.2) is 18.2 Å². The fraction of sp³-hybridized carbons (Fsp3) is 0.667. The quantitative estimate of drug-likeness (QED) is 0.378. The van der Waals surface area contributed by atoms with Crippen LogP contribution in [0.4, 0.5) is 4.79 Å². The molecular weight excluding hydrogens is 692 g/mol. The van der Waals surface area contributed by atoms with Crippen LogP contribution in [0, 0.1) is 17.8 Å². The lowest BCUT2D eigenvalue weighted by atomic mass is 9.94. The topological polar surface area (TPSA) is 195 Å². The average molecular weight is 741 g/mol. The van der Waals surface area contributed by atoms with Gasteiger partial charge in [-0.15, -0.1) is 0 Å². The summed E-state index contributed by atoms with van der Waals surface area (Å²) >= 11 is 0. The summed E-state index contributed by atoms with van der Waals surface area (Å²) in [6, 6.07) is 4.35. The number of fused-ring (bicyclic) bond motifs is 5. The van der Waals surface area contributed by atoms with Crippen LogP contribution in [-0.2, 0) is 35.6 Å². The summed E-state index contributed by atoms with van der Waals surface area (Å²) in [4.78, 5) is 65.6. The molecule has 0 unspecified atom stereocenters. The molecule has 0 radical (unpaired) electrons. The Balaban J connectivity index is 1.19. The Morgan fingerprint density at radius 2 is 1.87 bits per heavy atom. The molecule has 3 heterocycles. The second kappa shape index (κ2) is 13.6. The molecule has 16 heteroatoms. The third kappa shape index (κ3) is 6.97. The summed E-state index contributed by atoms with van der Waals surface area (Å²) in [5.41, 5.74) is 0.479. The number of amides is 4. The lowest BCUT2D eigenvalue weighted by Gasteiger charge is -2.29. The van der Waals surface area contributed by atoms with Crippen LogP contribution in [0.2, 0.25) is 0 Å². The lowest BCUT2D eigenvalue weighted by molar-refractivity contribution is -0.140. The van der Waals surface area contributed by atoms with Crippen molar-refractivity contribution in [1.29, 1.82) is 0 Å². The van der Waals surface area contributed by atoms with Gasteiger partial charge in [0.05, 0.1) is 29.4 Å². The Hall–Kier alpha value is -4.21. The van der Waals surface area contributed by atoms with Crippen molar-refractivity contribution in [2.75, 3.05) is 20.2 Å². The van der Waals surface area contributed by atoms with E-state index >= 15 is 0 Å². The summed E-state index contributed by atoms with van der Waals surface area (Å²) in [6.07, 6.45) is 5.02. The van der Waals surface area contributed by atoms with E-state index in [4.69, 9.17) is 24.2 Å².